The summed E-state index contributed by atoms with van der Waals surface area (Å²) in [7, 11) is 3.13. The summed E-state index contributed by atoms with van der Waals surface area (Å²) in [5.74, 6) is -6.11. The molecule has 210 valence electrons. The molecule has 2 heterocycles. The highest BCUT2D eigenvalue weighted by Crippen LogP contribution is 2.53. The molecule has 11 nitrogen and oxygen atoms in total. The molecule has 3 aliphatic rings. The minimum Gasteiger partial charge on any atom is -0.508 e. The first-order chi connectivity index (χ1) is 19.5. The van der Waals surface area contributed by atoms with Gasteiger partial charge in [-0.25, -0.2) is 4.98 Å². The maximum atomic E-state index is 14.0. The molecule has 1 aromatic carbocycles. The number of primary amides is 1. The molecule has 0 radical (unpaired) electrons. The third kappa shape index (κ3) is 3.66. The van der Waals surface area contributed by atoms with Crippen molar-refractivity contribution in [2.45, 2.75) is 24.5 Å². The number of pyridine rings is 1. The van der Waals surface area contributed by atoms with Crippen molar-refractivity contribution in [3.63, 3.8) is 0 Å². The number of amides is 1. The zero-order valence-corrected chi connectivity index (χ0v) is 22.3. The lowest BCUT2D eigenvalue weighted by Gasteiger charge is -2.50. The summed E-state index contributed by atoms with van der Waals surface area (Å²) in [5.41, 5.74) is 3.68. The number of phenols is 1. The van der Waals surface area contributed by atoms with Crippen LogP contribution < -0.4 is 5.73 Å². The van der Waals surface area contributed by atoms with Gasteiger partial charge in [0.1, 0.15) is 28.7 Å². The highest BCUT2D eigenvalue weighted by atomic mass is 16.3. The lowest BCUT2D eigenvalue weighted by Crippen LogP contribution is -2.65. The fraction of sp³-hybridized carbons (Fsp3) is 0.267. The van der Waals surface area contributed by atoms with E-state index in [9.17, 15) is 34.8 Å². The van der Waals surface area contributed by atoms with Gasteiger partial charge in [-0.15, -0.1) is 0 Å². The van der Waals surface area contributed by atoms with E-state index in [4.69, 9.17) is 5.73 Å². The summed E-state index contributed by atoms with van der Waals surface area (Å²) in [5, 5.41) is 44.9. The van der Waals surface area contributed by atoms with Crippen LogP contribution in [0.25, 0.3) is 22.7 Å². The van der Waals surface area contributed by atoms with Crippen LogP contribution in [0.3, 0.4) is 0 Å². The van der Waals surface area contributed by atoms with Crippen molar-refractivity contribution in [1.82, 2.24) is 14.5 Å². The van der Waals surface area contributed by atoms with Crippen LogP contribution in [-0.4, -0.2) is 78.1 Å². The van der Waals surface area contributed by atoms with E-state index < -0.39 is 58.0 Å². The van der Waals surface area contributed by atoms with Crippen molar-refractivity contribution in [2.75, 3.05) is 14.1 Å². The highest BCUT2D eigenvalue weighted by Gasteiger charge is 2.64. The van der Waals surface area contributed by atoms with Crippen LogP contribution in [0, 0.1) is 11.8 Å². The van der Waals surface area contributed by atoms with Crippen LogP contribution >= 0.6 is 0 Å². The number of fused-ring (bicyclic) bond motifs is 3. The van der Waals surface area contributed by atoms with E-state index in [2.05, 4.69) is 4.98 Å². The average Bonchev–Trinajstić information content (AvgIpc) is 3.46. The zero-order valence-electron chi connectivity index (χ0n) is 22.3. The van der Waals surface area contributed by atoms with E-state index in [0.717, 1.165) is 5.56 Å². The number of carbonyl (C=O) groups is 3. The Balaban J connectivity index is 1.50. The van der Waals surface area contributed by atoms with Gasteiger partial charge >= 0.3 is 0 Å². The van der Waals surface area contributed by atoms with E-state index >= 15 is 0 Å². The monoisotopic (exact) mass is 556 g/mol. The number of benzene rings is 1. The van der Waals surface area contributed by atoms with Crippen LogP contribution in [0.5, 0.6) is 5.75 Å². The Hall–Kier alpha value is -4.74. The number of phenolic OH excluding ortho intramolecular Hbond substituents is 1. The fourth-order valence-corrected chi connectivity index (χ4v) is 6.70. The Labute approximate surface area is 234 Å². The normalized spacial score (nSPS) is 25.7. The number of ketones is 2. The quantitative estimate of drug-likeness (QED) is 0.300. The Morgan fingerprint density at radius 3 is 2.41 bits per heavy atom. The van der Waals surface area contributed by atoms with E-state index in [1.165, 1.54) is 11.0 Å². The number of carbonyl (C=O) groups excluding carboxylic acids is 3. The van der Waals surface area contributed by atoms with Gasteiger partial charge in [0.15, 0.2) is 11.4 Å². The first-order valence-electron chi connectivity index (χ1n) is 13.1. The summed E-state index contributed by atoms with van der Waals surface area (Å²) in [4.78, 5) is 45.4. The number of hydrogen-bond donors (Lipinski definition) is 5. The van der Waals surface area contributed by atoms with Crippen LogP contribution in [0.4, 0.5) is 0 Å². The molecule has 11 heteroatoms. The summed E-state index contributed by atoms with van der Waals surface area (Å²) < 4.78 is 1.85. The van der Waals surface area contributed by atoms with Gasteiger partial charge in [-0.05, 0) is 74.3 Å². The smallest absolute Gasteiger partial charge is 0.255 e. The molecule has 3 aliphatic carbocycles. The van der Waals surface area contributed by atoms with Crippen molar-refractivity contribution >= 4 is 23.2 Å². The molecule has 1 fully saturated rings. The van der Waals surface area contributed by atoms with Crippen molar-refractivity contribution in [3.8, 4) is 22.7 Å². The SMILES string of the molecule is CN(C)[C@H]1C(=O)C(C(N)=O)=C(O)[C@]2(O)C(=O)C3=C(O)c4c(O)ccc(-c5ccc(-n6cccc6)nc5)c4C[C@H]3C[C@@H]12. The lowest BCUT2D eigenvalue weighted by atomic mass is 9.57. The minimum atomic E-state index is -2.67. The predicted molar refractivity (Wildman–Crippen MR) is 147 cm³/mol. The number of hydrogen-bond acceptors (Lipinski definition) is 9. The first-order valence-corrected chi connectivity index (χ1v) is 13.1. The molecule has 1 saturated carbocycles. The maximum Gasteiger partial charge on any atom is 0.255 e. The molecule has 2 aromatic heterocycles. The number of likely N-dealkylation sites (N-methyl/N-ethyl adjacent to an activating group) is 1. The number of nitrogens with two attached hydrogens (primary N) is 1. The molecule has 6 rings (SSSR count). The Morgan fingerprint density at radius 2 is 1.80 bits per heavy atom. The van der Waals surface area contributed by atoms with E-state index in [1.54, 1.807) is 26.4 Å². The number of aliphatic hydroxyl groups is 3. The van der Waals surface area contributed by atoms with Gasteiger partial charge in [0.05, 0.1) is 11.6 Å². The fourth-order valence-electron chi connectivity index (χ4n) is 6.70. The molecule has 0 spiro atoms. The van der Waals surface area contributed by atoms with Crippen LogP contribution in [-0.2, 0) is 20.8 Å². The number of nitrogens with zero attached hydrogens (tertiary/aromatic N) is 3. The second kappa shape index (κ2) is 9.15. The molecule has 0 bridgehead atoms. The second-order valence-corrected chi connectivity index (χ2v) is 10.9. The van der Waals surface area contributed by atoms with Crippen LogP contribution in [0.2, 0.25) is 0 Å². The molecule has 41 heavy (non-hydrogen) atoms. The number of rotatable bonds is 4. The lowest BCUT2D eigenvalue weighted by molar-refractivity contribution is -0.153. The summed E-state index contributed by atoms with van der Waals surface area (Å²) in [6, 6.07) is 9.45. The molecule has 0 unspecified atom stereocenters. The minimum absolute atomic E-state index is 0.0195. The average molecular weight is 557 g/mol. The summed E-state index contributed by atoms with van der Waals surface area (Å²) in [6.45, 7) is 0. The third-order valence-corrected chi connectivity index (χ3v) is 8.53. The van der Waals surface area contributed by atoms with Crippen molar-refractivity contribution in [1.29, 1.82) is 0 Å². The van der Waals surface area contributed by atoms with Gasteiger partial charge in [-0.1, -0.05) is 6.07 Å². The largest absolute Gasteiger partial charge is 0.508 e. The Bertz CT molecular complexity index is 1690. The van der Waals surface area contributed by atoms with Crippen LogP contribution in [0.1, 0.15) is 17.5 Å². The molecule has 4 atom stereocenters. The number of Topliss-reactive ketones (excluding diaryl/α,β-unsaturated/α-hetero) is 2. The Kier molecular flexibility index (Phi) is 5.91. The third-order valence-electron chi connectivity index (χ3n) is 8.53. The number of aromatic nitrogens is 2. The van der Waals surface area contributed by atoms with Gasteiger partial charge in [0.25, 0.3) is 5.91 Å². The number of aliphatic hydroxyl groups excluding tert-OH is 2. The van der Waals surface area contributed by atoms with Gasteiger partial charge < -0.3 is 30.7 Å². The molecular weight excluding hydrogens is 528 g/mol. The predicted octanol–water partition coefficient (Wildman–Crippen LogP) is 1.82. The summed E-state index contributed by atoms with van der Waals surface area (Å²) >= 11 is 0. The molecule has 0 saturated heterocycles. The molecule has 0 aliphatic heterocycles. The van der Waals surface area contributed by atoms with E-state index in [0.29, 0.717) is 16.9 Å². The molecule has 3 aromatic rings. The van der Waals surface area contributed by atoms with E-state index in [1.807, 2.05) is 41.2 Å². The second-order valence-electron chi connectivity index (χ2n) is 10.9. The van der Waals surface area contributed by atoms with Crippen molar-refractivity contribution in [2.24, 2.45) is 17.6 Å². The van der Waals surface area contributed by atoms with Gasteiger partial charge in [-0.2, -0.15) is 0 Å². The van der Waals surface area contributed by atoms with Crippen molar-refractivity contribution in [3.05, 3.63) is 83.0 Å². The maximum absolute atomic E-state index is 14.0. The van der Waals surface area contributed by atoms with Gasteiger partial charge in [0.2, 0.25) is 5.78 Å². The highest BCUT2D eigenvalue weighted by molar-refractivity contribution is 6.24. The Morgan fingerprint density at radius 1 is 1.10 bits per heavy atom. The molecule has 1 amide bonds. The van der Waals surface area contributed by atoms with Crippen molar-refractivity contribution < 1.29 is 34.8 Å². The van der Waals surface area contributed by atoms with Gasteiger partial charge in [-0.3, -0.25) is 19.3 Å². The standard InChI is InChI=1S/C30H28N4O7/c1-33(2)24-18-12-15-11-17-16(14-5-8-20(32-13-14)34-9-3-4-10-34)6-7-19(35)22(17)25(36)21(15)27(38)30(18,41)28(39)23(26(24)37)29(31)40/h3-10,13,15,18,24,35-36,39,41H,11-12H2,1-2H3,(H2,31,40)/t15-,18-,24+,30+/m0/s1. The molecular formula is C30H28N4O7. The number of aromatic hydroxyl groups is 1. The van der Waals surface area contributed by atoms with E-state index in [-0.39, 0.29) is 29.7 Å². The zero-order chi connectivity index (χ0) is 29.4. The summed E-state index contributed by atoms with van der Waals surface area (Å²) in [6.07, 6.45) is 5.63. The molecule has 6 N–H and O–H groups in total. The topological polar surface area (TPSA) is 179 Å². The van der Waals surface area contributed by atoms with Gasteiger partial charge in [0, 0.05) is 35.6 Å². The first kappa shape index (κ1) is 26.5. The van der Waals surface area contributed by atoms with Crippen LogP contribution in [0.15, 0.2) is 71.9 Å².